The maximum absolute atomic E-state index is 13.0. The summed E-state index contributed by atoms with van der Waals surface area (Å²) in [5.41, 5.74) is 5.00. The van der Waals surface area contributed by atoms with Crippen molar-refractivity contribution in [2.75, 3.05) is 0 Å². The fraction of sp³-hybridized carbons (Fsp3) is 0. The summed E-state index contributed by atoms with van der Waals surface area (Å²) >= 11 is 0. The van der Waals surface area contributed by atoms with Gasteiger partial charge in [0.05, 0.1) is 12.3 Å². The molecule has 1 amide bonds. The molecule has 1 aliphatic heterocycles. The zero-order valence-electron chi connectivity index (χ0n) is 7.98. The molecule has 0 unspecified atom stereocenters. The average molecular weight is 225 g/mol. The number of rotatable bonds is 2. The zero-order chi connectivity index (χ0) is 11.5. The lowest BCUT2D eigenvalue weighted by Gasteiger charge is -2.10. The largest absolute Gasteiger partial charge is 0.504 e. The van der Waals surface area contributed by atoms with E-state index in [1.165, 1.54) is 12.4 Å². The minimum atomic E-state index is -0.732. The summed E-state index contributed by atoms with van der Waals surface area (Å²) in [4.78, 5) is 11.4. The lowest BCUT2D eigenvalue weighted by molar-refractivity contribution is -0.125. The number of aliphatic hydroxyl groups is 1. The number of aliphatic hydroxyl groups excluding tert-OH is 1. The molecular formula is C9H8FN3O3. The number of hydrogen-bond acceptors (Lipinski definition) is 5. The van der Waals surface area contributed by atoms with E-state index in [-0.39, 0.29) is 5.76 Å². The van der Waals surface area contributed by atoms with E-state index in [1.807, 2.05) is 0 Å². The van der Waals surface area contributed by atoms with Crippen molar-refractivity contribution < 1.29 is 18.7 Å². The predicted octanol–water partition coefficient (Wildman–Crippen LogP) is 0.640. The molecule has 16 heavy (non-hydrogen) atoms. The second-order valence-corrected chi connectivity index (χ2v) is 2.91. The fourth-order valence-electron chi connectivity index (χ4n) is 1.11. The number of furan rings is 1. The molecule has 1 aromatic heterocycles. The van der Waals surface area contributed by atoms with Crippen molar-refractivity contribution in [1.29, 1.82) is 0 Å². The summed E-state index contributed by atoms with van der Waals surface area (Å²) in [7, 11) is 0. The topological polar surface area (TPSA) is 77.7 Å². The Labute approximate surface area is 89.6 Å². The molecule has 7 heteroatoms. The third-order valence-corrected chi connectivity index (χ3v) is 1.84. The monoisotopic (exact) mass is 225 g/mol. The van der Waals surface area contributed by atoms with Crippen molar-refractivity contribution in [3.8, 4) is 0 Å². The number of halogens is 1. The molecule has 3 N–H and O–H groups in total. The van der Waals surface area contributed by atoms with Gasteiger partial charge < -0.3 is 14.9 Å². The van der Waals surface area contributed by atoms with Crippen molar-refractivity contribution in [1.82, 2.24) is 16.0 Å². The van der Waals surface area contributed by atoms with Gasteiger partial charge in [0.15, 0.2) is 11.6 Å². The van der Waals surface area contributed by atoms with E-state index in [9.17, 15) is 14.3 Å². The highest BCUT2D eigenvalue weighted by molar-refractivity contribution is 5.93. The standard InChI is InChI=1S/C9H8FN3O3/c10-6-1-4-16-9(6)7(14)5-8(15)13-3-2-11-12-13/h1-5,11-12,14H. The summed E-state index contributed by atoms with van der Waals surface area (Å²) < 4.78 is 17.6. The maximum Gasteiger partial charge on any atom is 0.270 e. The molecule has 0 fully saturated rings. The lowest BCUT2D eigenvalue weighted by Crippen LogP contribution is -2.39. The highest BCUT2D eigenvalue weighted by Crippen LogP contribution is 2.16. The average Bonchev–Trinajstić information content (AvgIpc) is 2.86. The summed E-state index contributed by atoms with van der Waals surface area (Å²) in [6.07, 6.45) is 4.81. The molecule has 0 spiro atoms. The quantitative estimate of drug-likeness (QED) is 0.508. The van der Waals surface area contributed by atoms with Gasteiger partial charge in [-0.25, -0.2) is 9.40 Å². The van der Waals surface area contributed by atoms with Crippen LogP contribution in [0.2, 0.25) is 0 Å². The molecule has 2 heterocycles. The molecule has 0 aliphatic carbocycles. The molecule has 1 aliphatic rings. The number of nitrogens with one attached hydrogen (secondary N) is 2. The summed E-state index contributed by atoms with van der Waals surface area (Å²) in [5, 5.41) is 10.5. The van der Waals surface area contributed by atoms with Gasteiger partial charge in [-0.2, -0.15) is 0 Å². The smallest absolute Gasteiger partial charge is 0.270 e. The van der Waals surface area contributed by atoms with Crippen LogP contribution in [0.15, 0.2) is 35.2 Å². The van der Waals surface area contributed by atoms with Crippen LogP contribution in [0, 0.1) is 5.82 Å². The van der Waals surface area contributed by atoms with Crippen LogP contribution in [0.4, 0.5) is 4.39 Å². The van der Waals surface area contributed by atoms with Crippen LogP contribution < -0.4 is 11.0 Å². The van der Waals surface area contributed by atoms with Gasteiger partial charge >= 0.3 is 0 Å². The summed E-state index contributed by atoms with van der Waals surface area (Å²) in [6, 6.07) is 1.04. The van der Waals surface area contributed by atoms with Crippen molar-refractivity contribution >= 4 is 11.7 Å². The van der Waals surface area contributed by atoms with Crippen LogP contribution in [0.3, 0.4) is 0 Å². The molecule has 0 bridgehead atoms. The Balaban J connectivity index is 2.15. The van der Waals surface area contributed by atoms with E-state index in [2.05, 4.69) is 15.4 Å². The Morgan fingerprint density at radius 2 is 2.44 bits per heavy atom. The molecule has 84 valence electrons. The van der Waals surface area contributed by atoms with Gasteiger partial charge in [-0.05, 0) is 0 Å². The molecule has 0 atom stereocenters. The summed E-state index contributed by atoms with van der Waals surface area (Å²) in [5.74, 6) is -2.25. The van der Waals surface area contributed by atoms with E-state index >= 15 is 0 Å². The Morgan fingerprint density at radius 3 is 3.00 bits per heavy atom. The number of hydrazine groups is 2. The second kappa shape index (κ2) is 4.07. The number of carbonyl (C=O) groups is 1. The Kier molecular flexibility index (Phi) is 2.61. The lowest BCUT2D eigenvalue weighted by atomic mass is 10.3. The fourth-order valence-corrected chi connectivity index (χ4v) is 1.11. The molecule has 0 aromatic carbocycles. The first kappa shape index (κ1) is 10.2. The highest BCUT2D eigenvalue weighted by Gasteiger charge is 2.16. The number of amides is 1. The van der Waals surface area contributed by atoms with Crippen molar-refractivity contribution in [2.45, 2.75) is 0 Å². The van der Waals surface area contributed by atoms with Crippen LogP contribution >= 0.6 is 0 Å². The Morgan fingerprint density at radius 1 is 1.62 bits per heavy atom. The van der Waals surface area contributed by atoms with Gasteiger partial charge in [-0.3, -0.25) is 4.79 Å². The van der Waals surface area contributed by atoms with Crippen molar-refractivity contribution in [3.05, 3.63) is 42.4 Å². The van der Waals surface area contributed by atoms with Crippen LogP contribution in [0.1, 0.15) is 5.76 Å². The second-order valence-electron chi connectivity index (χ2n) is 2.91. The first-order chi connectivity index (χ1) is 7.68. The van der Waals surface area contributed by atoms with Gasteiger partial charge in [-0.1, -0.05) is 0 Å². The minimum absolute atomic E-state index is 0.371. The molecule has 6 nitrogen and oxygen atoms in total. The van der Waals surface area contributed by atoms with E-state index in [0.717, 1.165) is 23.4 Å². The highest BCUT2D eigenvalue weighted by atomic mass is 19.1. The summed E-state index contributed by atoms with van der Waals surface area (Å²) in [6.45, 7) is 0. The SMILES string of the molecule is O=C(C=C(O)c1occc1F)N1C=CNN1. The Hall–Kier alpha value is -2.28. The third-order valence-electron chi connectivity index (χ3n) is 1.84. The van der Waals surface area contributed by atoms with Crippen molar-refractivity contribution in [2.24, 2.45) is 0 Å². The van der Waals surface area contributed by atoms with Gasteiger partial charge in [0, 0.05) is 18.5 Å². The van der Waals surface area contributed by atoms with Gasteiger partial charge in [0.1, 0.15) is 0 Å². The minimum Gasteiger partial charge on any atom is -0.504 e. The molecular weight excluding hydrogens is 217 g/mol. The number of hydrogen-bond donors (Lipinski definition) is 3. The van der Waals surface area contributed by atoms with E-state index in [1.54, 1.807) is 0 Å². The molecule has 1 aromatic rings. The maximum atomic E-state index is 13.0. The molecule has 2 rings (SSSR count). The van der Waals surface area contributed by atoms with Crippen LogP contribution in [-0.2, 0) is 4.79 Å². The first-order valence-electron chi connectivity index (χ1n) is 4.33. The third kappa shape index (κ3) is 1.89. The van der Waals surface area contributed by atoms with Crippen LogP contribution in [0.5, 0.6) is 0 Å². The number of carbonyl (C=O) groups excluding carboxylic acids is 1. The van der Waals surface area contributed by atoms with E-state index in [4.69, 9.17) is 0 Å². The van der Waals surface area contributed by atoms with Gasteiger partial charge in [0.2, 0.25) is 5.76 Å². The zero-order valence-corrected chi connectivity index (χ0v) is 7.98. The molecule has 0 radical (unpaired) electrons. The number of nitrogens with zero attached hydrogens (tertiary/aromatic N) is 1. The Bertz CT molecular complexity index is 466. The van der Waals surface area contributed by atoms with Crippen LogP contribution in [-0.4, -0.2) is 16.0 Å². The predicted molar refractivity (Wildman–Crippen MR) is 51.5 cm³/mol. The van der Waals surface area contributed by atoms with Crippen LogP contribution in [0.25, 0.3) is 5.76 Å². The molecule has 0 saturated heterocycles. The van der Waals surface area contributed by atoms with Gasteiger partial charge in [0.25, 0.3) is 5.91 Å². The van der Waals surface area contributed by atoms with E-state index in [0.29, 0.717) is 0 Å². The van der Waals surface area contributed by atoms with Gasteiger partial charge in [-0.15, -0.1) is 5.53 Å². The van der Waals surface area contributed by atoms with E-state index < -0.39 is 17.5 Å². The molecule has 0 saturated carbocycles. The normalized spacial score (nSPS) is 15.3. The first-order valence-corrected chi connectivity index (χ1v) is 4.33. The van der Waals surface area contributed by atoms with Crippen molar-refractivity contribution in [3.63, 3.8) is 0 Å².